The van der Waals surface area contributed by atoms with Crippen molar-refractivity contribution in [2.24, 2.45) is 0 Å². The van der Waals surface area contributed by atoms with Crippen molar-refractivity contribution in [3.63, 3.8) is 0 Å². The van der Waals surface area contributed by atoms with Crippen LogP contribution in [0.4, 0.5) is 20.6 Å². The van der Waals surface area contributed by atoms with E-state index in [1.165, 1.54) is 22.8 Å². The van der Waals surface area contributed by atoms with Gasteiger partial charge in [0.05, 0.1) is 37.7 Å². The van der Waals surface area contributed by atoms with Crippen LogP contribution in [-0.2, 0) is 14.3 Å². The van der Waals surface area contributed by atoms with E-state index in [0.717, 1.165) is 0 Å². The van der Waals surface area contributed by atoms with E-state index in [1.54, 1.807) is 24.1 Å². The number of benzene rings is 1. The number of rotatable bonds is 4. The van der Waals surface area contributed by atoms with Crippen LogP contribution in [0.2, 0.25) is 0 Å². The molecular formula is C16H19FN4O4. The highest BCUT2D eigenvalue weighted by atomic mass is 19.1. The molecule has 2 aliphatic rings. The number of ether oxygens (including phenoxy) is 1. The molecule has 9 heteroatoms. The largest absolute Gasteiger partial charge is 0.442 e. The van der Waals surface area contributed by atoms with Crippen molar-refractivity contribution in [3.8, 4) is 0 Å². The minimum Gasteiger partial charge on any atom is -0.442 e. The first-order chi connectivity index (χ1) is 11.8. The monoisotopic (exact) mass is 350 g/mol. The number of nitrogens with zero attached hydrogens (tertiary/aromatic N) is 3. The van der Waals surface area contributed by atoms with Crippen LogP contribution in [0.3, 0.4) is 0 Å². The van der Waals surface area contributed by atoms with E-state index in [4.69, 9.17) is 4.74 Å². The number of anilines is 2. The van der Waals surface area contributed by atoms with Crippen LogP contribution in [0.5, 0.6) is 0 Å². The summed E-state index contributed by atoms with van der Waals surface area (Å²) in [6.07, 6.45) is -1.07. The van der Waals surface area contributed by atoms with Gasteiger partial charge in [-0.1, -0.05) is 0 Å². The highest BCUT2D eigenvalue weighted by Gasteiger charge is 2.33. The summed E-state index contributed by atoms with van der Waals surface area (Å²) in [6.45, 7) is 2.25. The molecule has 2 aliphatic heterocycles. The minimum atomic E-state index is -0.585. The Labute approximate surface area is 144 Å². The third-order valence-electron chi connectivity index (χ3n) is 4.17. The maximum Gasteiger partial charge on any atom is 0.414 e. The Hall–Kier alpha value is -2.84. The molecule has 1 atom stereocenters. The number of carbonyl (C=O) groups is 3. The van der Waals surface area contributed by atoms with Gasteiger partial charge in [-0.15, -0.1) is 0 Å². The Morgan fingerprint density at radius 2 is 2.16 bits per heavy atom. The number of carbonyl (C=O) groups excluding carboxylic acids is 3. The minimum absolute atomic E-state index is 0.0765. The molecule has 1 N–H and O–H groups in total. The summed E-state index contributed by atoms with van der Waals surface area (Å²) in [5.41, 5.74) is 0.680. The van der Waals surface area contributed by atoms with Gasteiger partial charge in [0.1, 0.15) is 11.9 Å². The van der Waals surface area contributed by atoms with E-state index >= 15 is 0 Å². The highest BCUT2D eigenvalue weighted by Crippen LogP contribution is 2.29. The Kier molecular flexibility index (Phi) is 4.47. The normalized spacial score (nSPS) is 20.3. The Balaban J connectivity index is 1.71. The molecule has 25 heavy (non-hydrogen) atoms. The molecule has 0 unspecified atom stereocenters. The molecule has 0 aliphatic carbocycles. The molecule has 0 saturated carbocycles. The van der Waals surface area contributed by atoms with Gasteiger partial charge in [0.15, 0.2) is 0 Å². The van der Waals surface area contributed by atoms with E-state index in [1.807, 2.05) is 0 Å². The fourth-order valence-corrected chi connectivity index (χ4v) is 2.85. The summed E-state index contributed by atoms with van der Waals surface area (Å²) in [5, 5.41) is 2.59. The molecule has 2 fully saturated rings. The van der Waals surface area contributed by atoms with Crippen molar-refractivity contribution in [1.29, 1.82) is 0 Å². The summed E-state index contributed by atoms with van der Waals surface area (Å²) in [5.74, 6) is -0.804. The zero-order valence-corrected chi connectivity index (χ0v) is 14.0. The van der Waals surface area contributed by atoms with Gasteiger partial charge in [-0.25, -0.2) is 9.18 Å². The molecule has 2 saturated heterocycles. The quantitative estimate of drug-likeness (QED) is 0.856. The molecule has 8 nitrogen and oxygen atoms in total. The van der Waals surface area contributed by atoms with Crippen molar-refractivity contribution < 1.29 is 23.5 Å². The predicted molar refractivity (Wildman–Crippen MR) is 87.7 cm³/mol. The molecule has 0 bridgehead atoms. The summed E-state index contributed by atoms with van der Waals surface area (Å²) in [7, 11) is 1.66. The number of hydrogen-bond donors (Lipinski definition) is 1. The van der Waals surface area contributed by atoms with Gasteiger partial charge in [-0.05, 0) is 18.2 Å². The van der Waals surface area contributed by atoms with Gasteiger partial charge in [-0.2, -0.15) is 0 Å². The third-order valence-corrected chi connectivity index (χ3v) is 4.17. The fraction of sp³-hybridized carbons (Fsp3) is 0.438. The lowest BCUT2D eigenvalue weighted by Gasteiger charge is -2.20. The Bertz CT molecular complexity index is 726. The molecule has 1 aromatic rings. The summed E-state index contributed by atoms with van der Waals surface area (Å²) < 4.78 is 19.6. The molecule has 1 aromatic carbocycles. The summed E-state index contributed by atoms with van der Waals surface area (Å²) >= 11 is 0. The van der Waals surface area contributed by atoms with Crippen LogP contribution in [0.25, 0.3) is 0 Å². The standard InChI is InChI=1S/C16H19FN4O4/c1-10(22)18-6-12-7-21(16(24)25-12)11-3-4-14(13(17)5-11)20-8-15(23)19(2)9-20/h3-5,12H,6-9H2,1-2H3,(H,18,22)/t12-/m0/s1. The number of amides is 3. The molecule has 0 spiro atoms. The average Bonchev–Trinajstić information content (AvgIpc) is 3.08. The van der Waals surface area contributed by atoms with Crippen molar-refractivity contribution in [2.45, 2.75) is 13.0 Å². The third kappa shape index (κ3) is 3.49. The predicted octanol–water partition coefficient (Wildman–Crippen LogP) is 0.523. The summed E-state index contributed by atoms with van der Waals surface area (Å²) in [6, 6.07) is 4.41. The molecule has 3 amide bonds. The second-order valence-electron chi connectivity index (χ2n) is 6.12. The van der Waals surface area contributed by atoms with Gasteiger partial charge in [0.2, 0.25) is 11.8 Å². The topological polar surface area (TPSA) is 82.2 Å². The SMILES string of the molecule is CC(=O)NC[C@H]1CN(c2ccc(N3CC(=O)N(C)C3)c(F)c2)C(=O)O1. The van der Waals surface area contributed by atoms with Crippen molar-refractivity contribution in [1.82, 2.24) is 10.2 Å². The lowest BCUT2D eigenvalue weighted by molar-refractivity contribution is -0.125. The lowest BCUT2D eigenvalue weighted by atomic mass is 10.2. The van der Waals surface area contributed by atoms with Crippen LogP contribution in [0, 0.1) is 5.82 Å². The number of cyclic esters (lactones) is 1. The number of halogens is 1. The summed E-state index contributed by atoms with van der Waals surface area (Å²) in [4.78, 5) is 39.0. The van der Waals surface area contributed by atoms with E-state index < -0.39 is 18.0 Å². The van der Waals surface area contributed by atoms with Crippen molar-refractivity contribution >= 4 is 29.3 Å². The van der Waals surface area contributed by atoms with Crippen LogP contribution in [0.15, 0.2) is 18.2 Å². The molecular weight excluding hydrogens is 331 g/mol. The van der Waals surface area contributed by atoms with Gasteiger partial charge in [-0.3, -0.25) is 14.5 Å². The number of hydrogen-bond acceptors (Lipinski definition) is 5. The maximum absolute atomic E-state index is 14.5. The molecule has 0 aromatic heterocycles. The second-order valence-corrected chi connectivity index (χ2v) is 6.12. The van der Waals surface area contributed by atoms with E-state index in [2.05, 4.69) is 5.32 Å². The molecule has 134 valence electrons. The Morgan fingerprint density at radius 1 is 1.40 bits per heavy atom. The van der Waals surface area contributed by atoms with E-state index in [0.29, 0.717) is 18.0 Å². The first-order valence-corrected chi connectivity index (χ1v) is 7.86. The Morgan fingerprint density at radius 3 is 2.76 bits per heavy atom. The van der Waals surface area contributed by atoms with Crippen LogP contribution >= 0.6 is 0 Å². The van der Waals surface area contributed by atoms with Gasteiger partial charge in [0, 0.05) is 14.0 Å². The molecule has 3 rings (SSSR count). The van der Waals surface area contributed by atoms with Crippen LogP contribution in [-0.4, -0.2) is 62.3 Å². The first kappa shape index (κ1) is 17.0. The number of likely N-dealkylation sites (N-methyl/N-ethyl adjacent to an activating group) is 1. The second kappa shape index (κ2) is 6.58. The van der Waals surface area contributed by atoms with Gasteiger partial charge >= 0.3 is 6.09 Å². The number of nitrogens with one attached hydrogen (secondary N) is 1. The lowest BCUT2D eigenvalue weighted by Crippen LogP contribution is -2.33. The highest BCUT2D eigenvalue weighted by molar-refractivity contribution is 5.90. The van der Waals surface area contributed by atoms with Gasteiger partial charge in [0.25, 0.3) is 0 Å². The van der Waals surface area contributed by atoms with Crippen LogP contribution < -0.4 is 15.1 Å². The van der Waals surface area contributed by atoms with E-state index in [-0.39, 0.29) is 31.4 Å². The zero-order chi connectivity index (χ0) is 18.1. The van der Waals surface area contributed by atoms with E-state index in [9.17, 15) is 18.8 Å². The van der Waals surface area contributed by atoms with Gasteiger partial charge < -0.3 is 19.9 Å². The fourth-order valence-electron chi connectivity index (χ4n) is 2.85. The molecule has 0 radical (unpaired) electrons. The van der Waals surface area contributed by atoms with Crippen molar-refractivity contribution in [2.75, 3.05) is 43.2 Å². The smallest absolute Gasteiger partial charge is 0.414 e. The average molecular weight is 350 g/mol. The first-order valence-electron chi connectivity index (χ1n) is 7.86. The van der Waals surface area contributed by atoms with Crippen LogP contribution in [0.1, 0.15) is 6.92 Å². The zero-order valence-electron chi connectivity index (χ0n) is 14.0. The maximum atomic E-state index is 14.5. The van der Waals surface area contributed by atoms with Crippen molar-refractivity contribution in [3.05, 3.63) is 24.0 Å². The molecule has 2 heterocycles.